The van der Waals surface area contributed by atoms with Crippen molar-refractivity contribution in [1.82, 2.24) is 10.2 Å². The van der Waals surface area contributed by atoms with E-state index >= 15 is 0 Å². The first-order chi connectivity index (χ1) is 10.1. The largest absolute Gasteiger partial charge is 0.374 e. The Kier molecular flexibility index (Phi) is 4.55. The first-order valence-corrected chi connectivity index (χ1v) is 8.74. The molecule has 120 valence electrons. The molecule has 0 bridgehead atoms. The summed E-state index contributed by atoms with van der Waals surface area (Å²) in [6.45, 7) is 9.28. The lowest BCUT2D eigenvalue weighted by Gasteiger charge is -2.30. The van der Waals surface area contributed by atoms with Crippen molar-refractivity contribution in [3.8, 4) is 0 Å². The van der Waals surface area contributed by atoms with E-state index in [-0.39, 0.29) is 18.1 Å². The molecule has 4 heteroatoms. The lowest BCUT2D eigenvalue weighted by molar-refractivity contribution is -0.138. The van der Waals surface area contributed by atoms with Gasteiger partial charge in [0.25, 0.3) is 0 Å². The van der Waals surface area contributed by atoms with Crippen LogP contribution in [0.1, 0.15) is 46.5 Å². The van der Waals surface area contributed by atoms with Crippen molar-refractivity contribution in [2.75, 3.05) is 19.6 Å². The van der Waals surface area contributed by atoms with E-state index in [1.165, 1.54) is 25.7 Å². The smallest absolute Gasteiger partial charge is 0.228 e. The maximum Gasteiger partial charge on any atom is 0.228 e. The summed E-state index contributed by atoms with van der Waals surface area (Å²) in [6, 6.07) is 0.498. The van der Waals surface area contributed by atoms with Gasteiger partial charge in [-0.25, -0.2) is 0 Å². The van der Waals surface area contributed by atoms with E-state index in [9.17, 15) is 4.79 Å². The van der Waals surface area contributed by atoms with E-state index in [0.717, 1.165) is 25.6 Å². The average molecular weight is 294 g/mol. The minimum Gasteiger partial charge on any atom is -0.374 e. The van der Waals surface area contributed by atoms with E-state index in [0.29, 0.717) is 17.9 Å². The minimum absolute atomic E-state index is 0.0418. The molecule has 3 rings (SSSR count). The first kappa shape index (κ1) is 15.3. The molecule has 2 saturated heterocycles. The summed E-state index contributed by atoms with van der Waals surface area (Å²) in [5, 5.41) is 3.53. The van der Waals surface area contributed by atoms with Crippen LogP contribution in [0.2, 0.25) is 0 Å². The highest BCUT2D eigenvalue weighted by atomic mass is 16.5. The van der Waals surface area contributed by atoms with Crippen LogP contribution in [-0.4, -0.2) is 48.7 Å². The van der Waals surface area contributed by atoms with Crippen LogP contribution in [0.5, 0.6) is 0 Å². The third-order valence-corrected chi connectivity index (χ3v) is 5.62. The molecule has 0 spiro atoms. The normalized spacial score (nSPS) is 39.7. The SMILES string of the molecule is CC1OC(C)C(C(=O)N(CC2CC2)CC2CCCN2)C1C. The Morgan fingerprint density at radius 1 is 1.14 bits per heavy atom. The van der Waals surface area contributed by atoms with Crippen LogP contribution in [0.4, 0.5) is 0 Å². The molecule has 4 nitrogen and oxygen atoms in total. The number of carbonyl (C=O) groups is 1. The molecule has 0 aromatic carbocycles. The van der Waals surface area contributed by atoms with Crippen molar-refractivity contribution < 1.29 is 9.53 Å². The summed E-state index contributed by atoms with van der Waals surface area (Å²) in [5.41, 5.74) is 0. The minimum atomic E-state index is 0.0418. The van der Waals surface area contributed by atoms with E-state index < -0.39 is 0 Å². The summed E-state index contributed by atoms with van der Waals surface area (Å²) in [4.78, 5) is 15.2. The molecule has 21 heavy (non-hydrogen) atoms. The molecule has 2 heterocycles. The molecule has 5 unspecified atom stereocenters. The fourth-order valence-corrected chi connectivity index (χ4v) is 3.95. The van der Waals surface area contributed by atoms with Gasteiger partial charge in [0.05, 0.1) is 18.1 Å². The zero-order valence-electron chi connectivity index (χ0n) is 13.7. The monoisotopic (exact) mass is 294 g/mol. The molecule has 1 aliphatic carbocycles. The topological polar surface area (TPSA) is 41.6 Å². The Hall–Kier alpha value is -0.610. The van der Waals surface area contributed by atoms with Gasteiger partial charge in [0.1, 0.15) is 0 Å². The van der Waals surface area contributed by atoms with Gasteiger partial charge in [-0.05, 0) is 57.9 Å². The maximum absolute atomic E-state index is 13.1. The fraction of sp³-hybridized carbons (Fsp3) is 0.941. The Bertz CT molecular complexity index is 377. The van der Waals surface area contributed by atoms with Gasteiger partial charge in [0.15, 0.2) is 0 Å². The van der Waals surface area contributed by atoms with Crippen LogP contribution in [0.25, 0.3) is 0 Å². The summed E-state index contributed by atoms with van der Waals surface area (Å²) < 4.78 is 5.88. The molecule has 3 aliphatic rings. The third kappa shape index (κ3) is 3.42. The molecule has 1 N–H and O–H groups in total. The molecule has 1 saturated carbocycles. The number of amides is 1. The van der Waals surface area contributed by atoms with E-state index in [4.69, 9.17) is 4.74 Å². The van der Waals surface area contributed by atoms with Crippen molar-refractivity contribution >= 4 is 5.91 Å². The van der Waals surface area contributed by atoms with Crippen LogP contribution in [0, 0.1) is 17.8 Å². The molecule has 5 atom stereocenters. The number of hydrogen-bond donors (Lipinski definition) is 1. The van der Waals surface area contributed by atoms with Gasteiger partial charge in [-0.3, -0.25) is 4.79 Å². The number of carbonyl (C=O) groups excluding carboxylic acids is 1. The van der Waals surface area contributed by atoms with Gasteiger partial charge in [-0.2, -0.15) is 0 Å². The van der Waals surface area contributed by atoms with Gasteiger partial charge in [0.2, 0.25) is 5.91 Å². The number of nitrogens with one attached hydrogen (secondary N) is 1. The second kappa shape index (κ2) is 6.25. The molecule has 1 amide bonds. The van der Waals surface area contributed by atoms with Crippen LogP contribution in [0.3, 0.4) is 0 Å². The van der Waals surface area contributed by atoms with Crippen LogP contribution >= 0.6 is 0 Å². The van der Waals surface area contributed by atoms with Crippen molar-refractivity contribution in [3.05, 3.63) is 0 Å². The van der Waals surface area contributed by atoms with Gasteiger partial charge in [-0.15, -0.1) is 0 Å². The lowest BCUT2D eigenvalue weighted by atomic mass is 9.88. The summed E-state index contributed by atoms with van der Waals surface area (Å²) >= 11 is 0. The molecule has 0 aromatic heterocycles. The molecule has 0 aromatic rings. The maximum atomic E-state index is 13.1. The second-order valence-corrected chi connectivity index (χ2v) is 7.41. The molecule has 3 fully saturated rings. The van der Waals surface area contributed by atoms with Crippen molar-refractivity contribution in [3.63, 3.8) is 0 Å². The molecule has 2 aliphatic heterocycles. The summed E-state index contributed by atoms with van der Waals surface area (Å²) in [7, 11) is 0. The molecule has 0 radical (unpaired) electrons. The Balaban J connectivity index is 1.67. The lowest BCUT2D eigenvalue weighted by Crippen LogP contribution is -2.47. The van der Waals surface area contributed by atoms with Gasteiger partial charge >= 0.3 is 0 Å². The Labute approximate surface area is 128 Å². The molecular formula is C17H30N2O2. The predicted molar refractivity (Wildman–Crippen MR) is 83.0 cm³/mol. The fourth-order valence-electron chi connectivity index (χ4n) is 3.95. The predicted octanol–water partition coefficient (Wildman–Crippen LogP) is 2.04. The van der Waals surface area contributed by atoms with Crippen LogP contribution < -0.4 is 5.32 Å². The van der Waals surface area contributed by atoms with E-state index in [1.54, 1.807) is 0 Å². The summed E-state index contributed by atoms with van der Waals surface area (Å²) in [5.74, 6) is 1.45. The first-order valence-electron chi connectivity index (χ1n) is 8.74. The van der Waals surface area contributed by atoms with E-state index in [2.05, 4.69) is 31.0 Å². The number of rotatable bonds is 5. The van der Waals surface area contributed by atoms with Crippen LogP contribution in [-0.2, 0) is 9.53 Å². The van der Waals surface area contributed by atoms with Crippen molar-refractivity contribution in [1.29, 1.82) is 0 Å². The molecular weight excluding hydrogens is 264 g/mol. The summed E-state index contributed by atoms with van der Waals surface area (Å²) in [6.07, 6.45) is 5.29. The zero-order valence-corrected chi connectivity index (χ0v) is 13.7. The quantitative estimate of drug-likeness (QED) is 0.843. The number of hydrogen-bond acceptors (Lipinski definition) is 3. The highest BCUT2D eigenvalue weighted by Gasteiger charge is 2.44. The van der Waals surface area contributed by atoms with Gasteiger partial charge in [-0.1, -0.05) is 6.92 Å². The standard InChI is InChI=1S/C17H30N2O2/c1-11-12(2)21-13(3)16(11)17(20)19(9-14-6-7-14)10-15-5-4-8-18-15/h11-16,18H,4-10H2,1-3H3. The van der Waals surface area contributed by atoms with Crippen molar-refractivity contribution in [2.24, 2.45) is 17.8 Å². The van der Waals surface area contributed by atoms with Gasteiger partial charge < -0.3 is 15.0 Å². The van der Waals surface area contributed by atoms with Crippen LogP contribution in [0.15, 0.2) is 0 Å². The third-order valence-electron chi connectivity index (χ3n) is 5.62. The average Bonchev–Trinajstić information content (AvgIpc) is 3.03. The van der Waals surface area contributed by atoms with Gasteiger partial charge in [0, 0.05) is 19.1 Å². The van der Waals surface area contributed by atoms with Crippen molar-refractivity contribution in [2.45, 2.75) is 64.7 Å². The highest BCUT2D eigenvalue weighted by Crippen LogP contribution is 2.35. The number of nitrogens with zero attached hydrogens (tertiary/aromatic N) is 1. The Morgan fingerprint density at radius 3 is 2.43 bits per heavy atom. The second-order valence-electron chi connectivity index (χ2n) is 7.41. The highest BCUT2D eigenvalue weighted by molar-refractivity contribution is 5.80. The number of ether oxygens (including phenoxy) is 1. The van der Waals surface area contributed by atoms with E-state index in [1.807, 2.05) is 0 Å². The Morgan fingerprint density at radius 2 is 1.90 bits per heavy atom. The zero-order chi connectivity index (χ0) is 15.0.